The zero-order valence-corrected chi connectivity index (χ0v) is 34.9. The normalized spacial score (nSPS) is 53.3. The standard InChI is InChI=1S/C43H68O14/c1-21-28(45)30(47)32(49)34(54-21)57-33-31(48)29(46)22(20-44)55-35(33)56-27-14-17-39(4)23(38(27,2)3)12-18-41(6)24(39)10-11-26-42(41,7)19-13-25-40(5,36(50)51)15-9-16-43(25,26)37(52)53-8/h11,21-25,27-35,44-49H,9-10,12-20H2,1-8H3,(H,50,51)/t21-,22+,23-,24+,25-,27-,28-,29+,30+,31-,32+,33+,34-,35-,39-,40-,41+,42+,43+/m0/s1. The van der Waals surface area contributed by atoms with E-state index < -0.39 is 96.3 Å². The highest BCUT2D eigenvalue weighted by molar-refractivity contribution is 5.85. The molecule has 324 valence electrons. The summed E-state index contributed by atoms with van der Waals surface area (Å²) in [7, 11) is 1.43. The van der Waals surface area contributed by atoms with Crippen LogP contribution in [-0.2, 0) is 33.3 Å². The van der Waals surface area contributed by atoms with Gasteiger partial charge in [0.25, 0.3) is 0 Å². The highest BCUT2D eigenvalue weighted by Gasteiger charge is 2.72. The van der Waals surface area contributed by atoms with E-state index in [1.165, 1.54) is 14.0 Å². The molecule has 0 aromatic rings. The fourth-order valence-electron chi connectivity index (χ4n) is 14.3. The maximum absolute atomic E-state index is 14.2. The third kappa shape index (κ3) is 6.07. The number of fused-ring (bicyclic) bond motifs is 7. The van der Waals surface area contributed by atoms with Crippen molar-refractivity contribution in [2.24, 2.45) is 50.2 Å². The molecule has 4 saturated carbocycles. The number of aliphatic hydroxyl groups excluding tert-OH is 6. The van der Waals surface area contributed by atoms with Gasteiger partial charge in [0.1, 0.15) is 42.7 Å². The molecule has 2 heterocycles. The van der Waals surface area contributed by atoms with E-state index in [9.17, 15) is 45.3 Å². The van der Waals surface area contributed by atoms with Gasteiger partial charge in [-0.25, -0.2) is 0 Å². The maximum atomic E-state index is 14.2. The Morgan fingerprint density at radius 1 is 0.772 bits per heavy atom. The topological polar surface area (TPSA) is 222 Å². The van der Waals surface area contributed by atoms with Crippen LogP contribution in [0.3, 0.4) is 0 Å². The fraction of sp³-hybridized carbons (Fsp3) is 0.907. The number of methoxy groups -OCH3 is 1. The predicted octanol–water partition coefficient (Wildman–Crippen LogP) is 3.06. The van der Waals surface area contributed by atoms with Crippen LogP contribution in [-0.4, -0.2) is 129 Å². The van der Waals surface area contributed by atoms with E-state index in [0.717, 1.165) is 37.7 Å². The van der Waals surface area contributed by atoms with Crippen molar-refractivity contribution in [2.75, 3.05) is 13.7 Å². The lowest BCUT2D eigenvalue weighted by molar-refractivity contribution is -0.376. The summed E-state index contributed by atoms with van der Waals surface area (Å²) in [5, 5.41) is 74.2. The number of carboxylic acid groups (broad SMARTS) is 1. The van der Waals surface area contributed by atoms with E-state index in [2.05, 4.69) is 40.7 Å². The molecule has 57 heavy (non-hydrogen) atoms. The lowest BCUT2D eigenvalue weighted by atomic mass is 9.32. The second kappa shape index (κ2) is 14.7. The molecule has 0 amide bonds. The van der Waals surface area contributed by atoms with Crippen LogP contribution in [0.15, 0.2) is 11.6 Å². The van der Waals surface area contributed by atoms with Crippen molar-refractivity contribution < 1.29 is 69.0 Å². The molecule has 14 heteroatoms. The van der Waals surface area contributed by atoms with Crippen LogP contribution in [0.5, 0.6) is 0 Å². The van der Waals surface area contributed by atoms with Gasteiger partial charge in [-0.05, 0) is 111 Å². The highest BCUT2D eigenvalue weighted by atomic mass is 16.8. The van der Waals surface area contributed by atoms with Crippen LogP contribution < -0.4 is 0 Å². The summed E-state index contributed by atoms with van der Waals surface area (Å²) in [6, 6.07) is 0. The molecule has 2 saturated heterocycles. The van der Waals surface area contributed by atoms with E-state index in [-0.39, 0.29) is 40.0 Å². The molecule has 14 nitrogen and oxygen atoms in total. The predicted molar refractivity (Wildman–Crippen MR) is 203 cm³/mol. The van der Waals surface area contributed by atoms with Crippen molar-refractivity contribution >= 4 is 11.9 Å². The maximum Gasteiger partial charge on any atom is 0.316 e. The van der Waals surface area contributed by atoms with Crippen LogP contribution in [0.1, 0.15) is 113 Å². The lowest BCUT2D eigenvalue weighted by Gasteiger charge is -2.72. The first-order valence-electron chi connectivity index (χ1n) is 21.3. The van der Waals surface area contributed by atoms with Crippen molar-refractivity contribution in [3.63, 3.8) is 0 Å². The Morgan fingerprint density at radius 2 is 1.46 bits per heavy atom. The second-order valence-electron chi connectivity index (χ2n) is 20.4. The van der Waals surface area contributed by atoms with Crippen molar-refractivity contribution in [3.8, 4) is 0 Å². The molecule has 7 N–H and O–H groups in total. The molecule has 7 aliphatic rings. The molecule has 6 fully saturated rings. The smallest absolute Gasteiger partial charge is 0.316 e. The number of carbonyl (C=O) groups excluding carboxylic acids is 1. The van der Waals surface area contributed by atoms with Crippen LogP contribution in [0, 0.1) is 50.2 Å². The van der Waals surface area contributed by atoms with Gasteiger partial charge < -0.3 is 59.4 Å². The van der Waals surface area contributed by atoms with E-state index >= 15 is 0 Å². The first-order chi connectivity index (χ1) is 26.6. The van der Waals surface area contributed by atoms with Gasteiger partial charge in [-0.2, -0.15) is 0 Å². The average Bonchev–Trinajstić information content (AvgIpc) is 3.16. The zero-order chi connectivity index (χ0) is 41.8. The van der Waals surface area contributed by atoms with Crippen LogP contribution in [0.2, 0.25) is 0 Å². The van der Waals surface area contributed by atoms with Gasteiger partial charge in [0.2, 0.25) is 0 Å². The Labute approximate surface area is 336 Å². The molecule has 0 spiro atoms. The van der Waals surface area contributed by atoms with Crippen LogP contribution >= 0.6 is 0 Å². The lowest BCUT2D eigenvalue weighted by Crippen LogP contribution is -2.68. The Kier molecular flexibility index (Phi) is 11.2. The van der Waals surface area contributed by atoms with Gasteiger partial charge >= 0.3 is 11.9 Å². The third-order valence-electron chi connectivity index (χ3n) is 17.7. The minimum Gasteiger partial charge on any atom is -0.481 e. The van der Waals surface area contributed by atoms with Crippen LogP contribution in [0.25, 0.3) is 0 Å². The molecular formula is C43H68O14. The minimum absolute atomic E-state index is 0.140. The summed E-state index contributed by atoms with van der Waals surface area (Å²) in [5.74, 6) is -1.07. The SMILES string of the molecule is COC(=O)[C@]12CCC[C@](C)(C(=O)O)[C@@H]1CC[C@]1(C)C2=CC[C@@H]2[C@@]3(C)CC[C@H](O[C@@H]4O[C@H](CO)[C@@H](O)[C@H](O)[C@H]4O[C@@H]4O[C@@H](C)[C@H](O)[C@@H](O)[C@H]4O)C(C)(C)[C@@H]3CC[C@]21C. The summed E-state index contributed by atoms with van der Waals surface area (Å²) in [6.07, 6.45) is -4.89. The Morgan fingerprint density at radius 3 is 2.11 bits per heavy atom. The zero-order valence-electron chi connectivity index (χ0n) is 34.9. The van der Waals surface area contributed by atoms with Crippen molar-refractivity contribution in [1.29, 1.82) is 0 Å². The quantitative estimate of drug-likeness (QED) is 0.112. The number of hydrogen-bond donors (Lipinski definition) is 7. The van der Waals surface area contributed by atoms with Gasteiger partial charge in [0, 0.05) is 0 Å². The molecule has 0 unspecified atom stereocenters. The molecule has 2 aliphatic heterocycles. The number of ether oxygens (including phenoxy) is 5. The number of carbonyl (C=O) groups is 2. The van der Waals surface area contributed by atoms with Crippen molar-refractivity contribution in [2.45, 2.75) is 180 Å². The number of esters is 1. The summed E-state index contributed by atoms with van der Waals surface area (Å²) in [5.41, 5.74) is -2.04. The Hall–Kier alpha value is -1.72. The third-order valence-corrected chi connectivity index (χ3v) is 17.7. The first-order valence-corrected chi connectivity index (χ1v) is 21.3. The average molecular weight is 809 g/mol. The monoisotopic (exact) mass is 808 g/mol. The fourth-order valence-corrected chi connectivity index (χ4v) is 14.3. The summed E-state index contributed by atoms with van der Waals surface area (Å²) < 4.78 is 30.2. The highest BCUT2D eigenvalue weighted by Crippen LogP contribution is 2.77. The van der Waals surface area contributed by atoms with E-state index in [1.54, 1.807) is 0 Å². The number of rotatable bonds is 7. The van der Waals surface area contributed by atoms with Gasteiger partial charge in [-0.1, -0.05) is 52.7 Å². The van der Waals surface area contributed by atoms with Gasteiger partial charge in [0.15, 0.2) is 12.6 Å². The minimum atomic E-state index is -1.66. The molecule has 0 aromatic heterocycles. The largest absolute Gasteiger partial charge is 0.481 e. The molecule has 0 bridgehead atoms. The molecule has 0 radical (unpaired) electrons. The van der Waals surface area contributed by atoms with E-state index in [0.29, 0.717) is 32.1 Å². The number of aliphatic hydroxyl groups is 6. The van der Waals surface area contributed by atoms with Crippen LogP contribution in [0.4, 0.5) is 0 Å². The van der Waals surface area contributed by atoms with Crippen molar-refractivity contribution in [3.05, 3.63) is 11.6 Å². The number of carboxylic acids is 1. The van der Waals surface area contributed by atoms with Gasteiger partial charge in [0.05, 0.1) is 36.8 Å². The summed E-state index contributed by atoms with van der Waals surface area (Å²) in [4.78, 5) is 27.0. The second-order valence-corrected chi connectivity index (χ2v) is 20.4. The summed E-state index contributed by atoms with van der Waals surface area (Å²) in [6.45, 7) is 14.3. The number of aliphatic carboxylic acids is 1. The van der Waals surface area contributed by atoms with Crippen molar-refractivity contribution in [1.82, 2.24) is 0 Å². The molecule has 19 atom stereocenters. The molecule has 0 aromatic carbocycles. The molecule has 7 rings (SSSR count). The molecule has 5 aliphatic carbocycles. The molecular weight excluding hydrogens is 740 g/mol. The first kappa shape index (κ1) is 43.4. The Balaban J connectivity index is 1.18. The Bertz CT molecular complexity index is 1590. The van der Waals surface area contributed by atoms with E-state index in [1.807, 2.05) is 6.92 Å². The van der Waals surface area contributed by atoms with Gasteiger partial charge in [-0.3, -0.25) is 9.59 Å². The number of hydrogen-bond acceptors (Lipinski definition) is 13. The number of allylic oxidation sites excluding steroid dienone is 1. The van der Waals surface area contributed by atoms with E-state index in [4.69, 9.17) is 23.7 Å². The van der Waals surface area contributed by atoms with Gasteiger partial charge in [-0.15, -0.1) is 0 Å². The summed E-state index contributed by atoms with van der Waals surface area (Å²) >= 11 is 0.